The Balaban J connectivity index is 1.42. The molecule has 137 valence electrons. The molecule has 4 heterocycles. The molecule has 4 aliphatic heterocycles. The predicted molar refractivity (Wildman–Crippen MR) is 91.7 cm³/mol. The van der Waals surface area contributed by atoms with Crippen molar-refractivity contribution in [2.24, 2.45) is 0 Å². The number of ether oxygens (including phenoxy) is 4. The molecule has 0 aliphatic carbocycles. The van der Waals surface area contributed by atoms with E-state index in [0.29, 0.717) is 0 Å². The number of hydrogen-bond donors (Lipinski definition) is 0. The van der Waals surface area contributed by atoms with E-state index in [1.54, 1.807) is 0 Å². The lowest BCUT2D eigenvalue weighted by molar-refractivity contribution is -0.406. The molecule has 4 saturated heterocycles. The van der Waals surface area contributed by atoms with Crippen LogP contribution in [-0.2, 0) is 18.9 Å². The first kappa shape index (κ1) is 17.3. The summed E-state index contributed by atoms with van der Waals surface area (Å²) in [6, 6.07) is 0. The van der Waals surface area contributed by atoms with Crippen molar-refractivity contribution in [3.8, 4) is 0 Å². The monoisotopic (exact) mass is 337 g/mol. The topological polar surface area (TPSA) is 36.9 Å². The fourth-order valence-electron chi connectivity index (χ4n) is 5.20. The van der Waals surface area contributed by atoms with E-state index in [1.165, 1.54) is 38.5 Å². The summed E-state index contributed by atoms with van der Waals surface area (Å²) in [6.07, 6.45) is 14.4. The van der Waals surface area contributed by atoms with Gasteiger partial charge in [0.05, 0.1) is 26.4 Å². The molecular weight excluding hydrogens is 304 g/mol. The van der Waals surface area contributed by atoms with Crippen molar-refractivity contribution in [1.29, 1.82) is 0 Å². The van der Waals surface area contributed by atoms with Gasteiger partial charge in [-0.05, 0) is 6.42 Å². The maximum absolute atomic E-state index is 6.33. The zero-order chi connectivity index (χ0) is 16.5. The maximum atomic E-state index is 6.33. The Labute approximate surface area is 146 Å². The normalized spacial score (nSPS) is 41.9. The highest BCUT2D eigenvalue weighted by Gasteiger charge is 2.75. The summed E-state index contributed by atoms with van der Waals surface area (Å²) in [7, 11) is 0. The minimum absolute atomic E-state index is 0.137. The molecule has 0 bridgehead atoms. The van der Waals surface area contributed by atoms with E-state index in [4.69, 9.17) is 18.9 Å². The molecule has 0 aromatic rings. The Morgan fingerprint density at radius 1 is 0.792 bits per heavy atom. The highest BCUT2D eigenvalue weighted by atomic mass is 16.6. The zero-order valence-corrected chi connectivity index (χ0v) is 15.2. The number of unbranched alkanes of at least 4 members (excludes halogenated alkanes) is 5. The van der Waals surface area contributed by atoms with Gasteiger partial charge in [-0.15, -0.1) is 0 Å². The van der Waals surface area contributed by atoms with Gasteiger partial charge in [-0.1, -0.05) is 45.4 Å². The van der Waals surface area contributed by atoms with Crippen molar-refractivity contribution >= 4 is 0 Å². The Hall–Kier alpha value is -0.160. The summed E-state index contributed by atoms with van der Waals surface area (Å²) >= 11 is 0. The van der Waals surface area contributed by atoms with Crippen LogP contribution in [0.15, 0.2) is 0 Å². The molecule has 0 aromatic heterocycles. The average Bonchev–Trinajstić information content (AvgIpc) is 2.40. The summed E-state index contributed by atoms with van der Waals surface area (Å²) in [5, 5.41) is 0. The van der Waals surface area contributed by atoms with Crippen LogP contribution in [0.1, 0.15) is 77.6 Å². The van der Waals surface area contributed by atoms with E-state index < -0.39 is 0 Å². The van der Waals surface area contributed by atoms with Gasteiger partial charge in [-0.3, -0.25) is 0 Å². The van der Waals surface area contributed by atoms with Gasteiger partial charge in [0, 0.05) is 25.7 Å². The van der Waals surface area contributed by atoms with Gasteiger partial charge < -0.3 is 18.9 Å². The molecule has 1 radical (unpaired) electrons. The van der Waals surface area contributed by atoms with Gasteiger partial charge >= 0.3 is 0 Å². The Morgan fingerprint density at radius 2 is 1.42 bits per heavy atom. The van der Waals surface area contributed by atoms with Crippen molar-refractivity contribution in [3.63, 3.8) is 0 Å². The van der Waals surface area contributed by atoms with E-state index >= 15 is 0 Å². The molecule has 4 aliphatic rings. The molecule has 0 amide bonds. The second kappa shape index (κ2) is 6.86. The molecular formula is C20H33O4. The fourth-order valence-corrected chi connectivity index (χ4v) is 5.20. The third kappa shape index (κ3) is 2.40. The Kier molecular flexibility index (Phi) is 4.94. The van der Waals surface area contributed by atoms with Gasteiger partial charge in [-0.2, -0.15) is 0 Å². The molecule has 0 aromatic carbocycles. The van der Waals surface area contributed by atoms with Crippen LogP contribution in [0.4, 0.5) is 0 Å². The molecule has 4 heteroatoms. The van der Waals surface area contributed by atoms with Crippen LogP contribution < -0.4 is 0 Å². The van der Waals surface area contributed by atoms with Crippen LogP contribution >= 0.6 is 0 Å². The molecule has 3 atom stereocenters. The minimum Gasteiger partial charge on any atom is -0.372 e. The van der Waals surface area contributed by atoms with E-state index in [2.05, 4.69) is 6.92 Å². The van der Waals surface area contributed by atoms with E-state index in [1.807, 2.05) is 0 Å². The molecule has 24 heavy (non-hydrogen) atoms. The highest BCUT2D eigenvalue weighted by molar-refractivity contribution is 5.29. The van der Waals surface area contributed by atoms with E-state index in [-0.39, 0.29) is 16.8 Å². The third-order valence-corrected chi connectivity index (χ3v) is 6.87. The van der Waals surface area contributed by atoms with Crippen LogP contribution in [0.2, 0.25) is 0 Å². The third-order valence-electron chi connectivity index (χ3n) is 6.87. The van der Waals surface area contributed by atoms with Crippen LogP contribution in [0.25, 0.3) is 0 Å². The summed E-state index contributed by atoms with van der Waals surface area (Å²) in [6.45, 7) is 5.63. The van der Waals surface area contributed by atoms with Crippen LogP contribution in [0.5, 0.6) is 0 Å². The molecule has 4 rings (SSSR count). The van der Waals surface area contributed by atoms with Crippen molar-refractivity contribution in [2.75, 3.05) is 26.4 Å². The second-order valence-electron chi connectivity index (χ2n) is 7.98. The first-order valence-electron chi connectivity index (χ1n) is 10.2. The largest absolute Gasteiger partial charge is 0.372 e. The molecule has 4 nitrogen and oxygen atoms in total. The van der Waals surface area contributed by atoms with Crippen LogP contribution in [0.3, 0.4) is 0 Å². The summed E-state index contributed by atoms with van der Waals surface area (Å²) in [5.74, 6) is 0. The van der Waals surface area contributed by atoms with E-state index in [0.717, 1.165) is 64.6 Å². The lowest BCUT2D eigenvalue weighted by Gasteiger charge is -2.70. The van der Waals surface area contributed by atoms with Crippen molar-refractivity contribution in [1.82, 2.24) is 0 Å². The van der Waals surface area contributed by atoms with Gasteiger partial charge in [0.1, 0.15) is 22.9 Å². The van der Waals surface area contributed by atoms with Crippen LogP contribution in [0, 0.1) is 6.10 Å². The molecule has 0 N–H and O–H groups in total. The van der Waals surface area contributed by atoms with Gasteiger partial charge in [0.25, 0.3) is 0 Å². The fraction of sp³-hybridized carbons (Fsp3) is 0.950. The van der Waals surface area contributed by atoms with Crippen molar-refractivity contribution in [2.45, 2.75) is 94.4 Å². The minimum atomic E-state index is -0.313. The molecule has 4 fully saturated rings. The highest BCUT2D eigenvalue weighted by Crippen LogP contribution is 2.63. The van der Waals surface area contributed by atoms with Crippen molar-refractivity contribution < 1.29 is 18.9 Å². The van der Waals surface area contributed by atoms with Crippen LogP contribution in [-0.4, -0.2) is 43.2 Å². The number of hydrogen-bond acceptors (Lipinski definition) is 4. The molecule has 3 unspecified atom stereocenters. The van der Waals surface area contributed by atoms with Gasteiger partial charge in [0.15, 0.2) is 0 Å². The number of rotatable bonds is 10. The molecule has 0 saturated carbocycles. The Morgan fingerprint density at radius 3 is 1.83 bits per heavy atom. The SMILES string of the molecule is CCCCCCCCC1(C2(C3([C]4CCO4)CCO3)CCO2)CCO1. The average molecular weight is 337 g/mol. The lowest BCUT2D eigenvalue weighted by atomic mass is 9.56. The first-order chi connectivity index (χ1) is 11.8. The maximum Gasteiger partial charge on any atom is 0.134 e. The summed E-state index contributed by atoms with van der Waals surface area (Å²) < 4.78 is 24.6. The smallest absolute Gasteiger partial charge is 0.134 e. The summed E-state index contributed by atoms with van der Waals surface area (Å²) in [4.78, 5) is 0. The van der Waals surface area contributed by atoms with Crippen molar-refractivity contribution in [3.05, 3.63) is 6.10 Å². The standard InChI is InChI=1S/C20H33O4/c1-2-3-4-5-6-7-9-18(10-14-22-18)20(12-16-24-20)19(11-15-23-19)17-8-13-21-17/h2-16H2,1H3. The summed E-state index contributed by atoms with van der Waals surface area (Å²) in [5.41, 5.74) is -0.732. The van der Waals surface area contributed by atoms with E-state index in [9.17, 15) is 0 Å². The zero-order valence-electron chi connectivity index (χ0n) is 15.2. The quantitative estimate of drug-likeness (QED) is 0.561. The molecule has 0 spiro atoms. The lowest BCUT2D eigenvalue weighted by Crippen LogP contribution is -2.82. The second-order valence-corrected chi connectivity index (χ2v) is 7.98. The Bertz CT molecular complexity index is 419. The van der Waals surface area contributed by atoms with Gasteiger partial charge in [-0.25, -0.2) is 0 Å². The predicted octanol–water partition coefficient (Wildman–Crippen LogP) is 4.17. The van der Waals surface area contributed by atoms with Gasteiger partial charge in [0.2, 0.25) is 0 Å². The first-order valence-corrected chi connectivity index (χ1v) is 10.2.